The van der Waals surface area contributed by atoms with E-state index in [0.29, 0.717) is 12.1 Å². The molecule has 5 unspecified atom stereocenters. The number of nitrogens with two attached hydrogens (primary N) is 2. The predicted molar refractivity (Wildman–Crippen MR) is 211 cm³/mol. The molecule has 332 valence electrons. The molecular weight excluding hydrogens is 776 g/mol. The molecule has 59 heavy (non-hydrogen) atoms. The van der Waals surface area contributed by atoms with Crippen LogP contribution in [0.5, 0.6) is 11.5 Å². The lowest BCUT2D eigenvalue weighted by atomic mass is 9.96. The Hall–Kier alpha value is -5.06. The molecule has 2 saturated heterocycles. The third-order valence-corrected chi connectivity index (χ3v) is 10.1. The number of aromatic hydroxyl groups is 2. The summed E-state index contributed by atoms with van der Waals surface area (Å²) in [7, 11) is 1.59. The van der Waals surface area contributed by atoms with Gasteiger partial charge in [0.2, 0.25) is 35.4 Å². The van der Waals surface area contributed by atoms with Crippen LogP contribution in [0.15, 0.2) is 30.5 Å². The van der Waals surface area contributed by atoms with Crippen LogP contribution in [-0.2, 0) is 28.8 Å². The molecule has 1 aromatic carbocycles. The van der Waals surface area contributed by atoms with Crippen LogP contribution in [-0.4, -0.2) is 162 Å². The molecule has 21 heteroatoms. The second-order valence-electron chi connectivity index (χ2n) is 14.7. The number of aliphatic hydroxyl groups excluding tert-OH is 5. The lowest BCUT2D eigenvalue weighted by Crippen LogP contribution is -2.64. The number of hydrogen-bond acceptors (Lipinski definition) is 15. The van der Waals surface area contributed by atoms with Gasteiger partial charge in [-0.2, -0.15) is 0 Å². The van der Waals surface area contributed by atoms with Crippen molar-refractivity contribution in [3.05, 3.63) is 36.0 Å². The average molecular weight is 839 g/mol. The van der Waals surface area contributed by atoms with E-state index in [1.165, 1.54) is 11.8 Å². The van der Waals surface area contributed by atoms with Crippen LogP contribution in [0.1, 0.15) is 72.0 Å². The number of benzene rings is 1. The van der Waals surface area contributed by atoms with E-state index in [1.807, 2.05) is 20.8 Å². The van der Waals surface area contributed by atoms with E-state index < -0.39 is 133 Å². The first kappa shape index (κ1) is 50.1. The zero-order chi connectivity index (χ0) is 45.0. The summed E-state index contributed by atoms with van der Waals surface area (Å²) in [5, 5.41) is 84.3. The van der Waals surface area contributed by atoms with Gasteiger partial charge >= 0.3 is 0 Å². The Balaban J connectivity index is 0.00000590. The van der Waals surface area contributed by atoms with E-state index in [4.69, 9.17) is 11.5 Å². The number of hydrogen-bond donors (Lipinski definition) is 13. The number of primary amides is 1. The van der Waals surface area contributed by atoms with Gasteiger partial charge in [0.1, 0.15) is 36.4 Å². The summed E-state index contributed by atoms with van der Waals surface area (Å²) in [5.41, 5.74) is 11.3. The van der Waals surface area contributed by atoms with Crippen LogP contribution < -0.4 is 32.7 Å². The Labute approximate surface area is 342 Å². The Morgan fingerprint density at radius 2 is 1.44 bits per heavy atom. The van der Waals surface area contributed by atoms with Gasteiger partial charge in [-0.25, -0.2) is 0 Å². The van der Waals surface area contributed by atoms with Crippen molar-refractivity contribution in [2.24, 2.45) is 17.4 Å². The number of β-amino-alcohol motifs (C(OH)–C–C–N with tert-alkyl or cyclic N) is 1. The lowest BCUT2D eigenvalue weighted by molar-refractivity contribution is -0.146. The number of amides is 6. The van der Waals surface area contributed by atoms with Crippen LogP contribution >= 0.6 is 0 Å². The highest BCUT2D eigenvalue weighted by Gasteiger charge is 2.47. The first-order valence-electron chi connectivity index (χ1n) is 19.5. The fourth-order valence-electron chi connectivity index (χ4n) is 6.83. The SMILES string of the molecule is C=C(NC)C1C[C@@H](C)CN1C(=O)C(NC(=O)C(NC(=O)C1C[C@@H](O)CN1C(=O)C(NC(=O)[C@@H](N)CC)[C@@H](C)O)[C@H](O)[C@@H](O)c1ccc(O)c(O)c1)[C@H](O)CC(N)=O.CC. The van der Waals surface area contributed by atoms with Crippen LogP contribution in [0.2, 0.25) is 0 Å². The van der Waals surface area contributed by atoms with E-state index >= 15 is 0 Å². The van der Waals surface area contributed by atoms with Crippen molar-refractivity contribution in [3.8, 4) is 11.5 Å². The third kappa shape index (κ3) is 12.7. The molecule has 15 N–H and O–H groups in total. The summed E-state index contributed by atoms with van der Waals surface area (Å²) in [6.45, 7) is 12.3. The largest absolute Gasteiger partial charge is 0.504 e. The number of carbonyl (C=O) groups excluding carboxylic acids is 6. The maximum atomic E-state index is 14.2. The molecule has 21 nitrogen and oxygen atoms in total. The van der Waals surface area contributed by atoms with Crippen molar-refractivity contribution in [3.63, 3.8) is 0 Å². The molecule has 6 amide bonds. The second kappa shape index (κ2) is 22.3. The summed E-state index contributed by atoms with van der Waals surface area (Å²) in [5.74, 6) is -7.62. The number of likely N-dealkylation sites (N-methyl/N-ethyl adjacent to an activating group) is 1. The van der Waals surface area contributed by atoms with Crippen LogP contribution in [0.25, 0.3) is 0 Å². The van der Waals surface area contributed by atoms with Gasteiger partial charge in [-0.05, 0) is 43.4 Å². The number of likely N-dealkylation sites (tertiary alicyclic amines) is 2. The van der Waals surface area contributed by atoms with Crippen LogP contribution in [0.4, 0.5) is 0 Å². The molecule has 0 aliphatic carbocycles. The number of nitrogens with zero attached hydrogens (tertiary/aromatic N) is 2. The average Bonchev–Trinajstić information content (AvgIpc) is 3.79. The van der Waals surface area contributed by atoms with Crippen LogP contribution in [0, 0.1) is 5.92 Å². The molecule has 0 aromatic heterocycles. The number of aliphatic hydroxyl groups is 5. The number of nitrogens with one attached hydrogen (secondary N) is 4. The molecule has 3 rings (SSSR count). The van der Waals surface area contributed by atoms with E-state index in [-0.39, 0.29) is 24.4 Å². The van der Waals surface area contributed by atoms with Gasteiger partial charge in [-0.1, -0.05) is 40.3 Å². The summed E-state index contributed by atoms with van der Waals surface area (Å²) in [6, 6.07) is -6.08. The normalized spacial score (nSPS) is 22.8. The second-order valence-corrected chi connectivity index (χ2v) is 14.7. The molecular formula is C38H62N8O13. The Bertz CT molecular complexity index is 1660. The molecule has 0 saturated carbocycles. The number of phenolic OH excluding ortho intramolecular Hbond substituents is 2. The van der Waals surface area contributed by atoms with Gasteiger partial charge in [0.15, 0.2) is 11.5 Å². The zero-order valence-corrected chi connectivity index (χ0v) is 34.2. The fraction of sp³-hybridized carbons (Fsp3) is 0.632. The molecule has 0 radical (unpaired) electrons. The quantitative estimate of drug-likeness (QED) is 0.0632. The van der Waals surface area contributed by atoms with Gasteiger partial charge in [0, 0.05) is 32.3 Å². The van der Waals surface area contributed by atoms with E-state index in [2.05, 4.69) is 27.8 Å². The molecule has 2 fully saturated rings. The molecule has 0 spiro atoms. The van der Waals surface area contributed by atoms with Gasteiger partial charge < -0.3 is 78.3 Å². The monoisotopic (exact) mass is 838 g/mol. The molecule has 2 aliphatic rings. The fourth-order valence-corrected chi connectivity index (χ4v) is 6.83. The number of phenols is 2. The number of carbonyl (C=O) groups is 6. The highest BCUT2D eigenvalue weighted by atomic mass is 16.3. The molecule has 2 heterocycles. The summed E-state index contributed by atoms with van der Waals surface area (Å²) < 4.78 is 0. The molecule has 0 bridgehead atoms. The van der Waals surface area contributed by atoms with Gasteiger partial charge in [0.05, 0.1) is 36.8 Å². The minimum atomic E-state index is -2.32. The molecule has 12 atom stereocenters. The summed E-state index contributed by atoms with van der Waals surface area (Å²) in [6.07, 6.45) is -9.76. The Kier molecular flexibility index (Phi) is 19.0. The van der Waals surface area contributed by atoms with E-state index in [9.17, 15) is 64.5 Å². The summed E-state index contributed by atoms with van der Waals surface area (Å²) in [4.78, 5) is 82.6. The first-order chi connectivity index (χ1) is 27.6. The lowest BCUT2D eigenvalue weighted by Gasteiger charge is -2.35. The van der Waals surface area contributed by atoms with E-state index in [0.717, 1.165) is 23.1 Å². The van der Waals surface area contributed by atoms with Crippen molar-refractivity contribution < 1.29 is 64.5 Å². The predicted octanol–water partition coefficient (Wildman–Crippen LogP) is -3.74. The molecule has 1 aromatic rings. The molecule has 2 aliphatic heterocycles. The van der Waals surface area contributed by atoms with Crippen molar-refractivity contribution in [1.29, 1.82) is 0 Å². The van der Waals surface area contributed by atoms with Gasteiger partial charge in [0.25, 0.3) is 0 Å². The van der Waals surface area contributed by atoms with Crippen molar-refractivity contribution >= 4 is 35.4 Å². The van der Waals surface area contributed by atoms with Crippen molar-refractivity contribution in [1.82, 2.24) is 31.1 Å². The first-order valence-corrected chi connectivity index (χ1v) is 19.5. The highest BCUT2D eigenvalue weighted by Crippen LogP contribution is 2.31. The maximum absolute atomic E-state index is 14.2. The topological polar surface area (TPSA) is 351 Å². The zero-order valence-electron chi connectivity index (χ0n) is 34.2. The van der Waals surface area contributed by atoms with Gasteiger partial charge in [-0.3, -0.25) is 28.8 Å². The Morgan fingerprint density at radius 1 is 0.864 bits per heavy atom. The Morgan fingerprint density at radius 3 is 1.98 bits per heavy atom. The van der Waals surface area contributed by atoms with Crippen molar-refractivity contribution in [2.75, 3.05) is 20.1 Å². The summed E-state index contributed by atoms with van der Waals surface area (Å²) >= 11 is 0. The smallest absolute Gasteiger partial charge is 0.248 e. The van der Waals surface area contributed by atoms with E-state index in [1.54, 1.807) is 14.0 Å². The third-order valence-electron chi connectivity index (χ3n) is 10.1. The highest BCUT2D eigenvalue weighted by molar-refractivity contribution is 5.97. The van der Waals surface area contributed by atoms with Crippen molar-refractivity contribution in [2.45, 2.75) is 127 Å². The maximum Gasteiger partial charge on any atom is 0.248 e. The van der Waals surface area contributed by atoms with Crippen LogP contribution in [0.3, 0.4) is 0 Å². The number of rotatable bonds is 18. The standard InChI is InChI=1S/C36H56N8O13.C2H6/c1-6-20(37)32(53)40-27(17(4)45)35(56)44-14-19(46)11-22(44)33(54)42-29(31(52)30(51)18-7-8-23(47)24(48)10-18)34(55)41-28(25(49)12-26(38)50)36(57)43-13-15(2)9-21(43)16(3)39-5;1-2/h7-8,10,15,17,19-22,25,27-31,39,45-49,51-52H,3,6,9,11-14,37H2,1-2,4-5H3,(H2,38,50)(H,40,53)(H,41,55)(H,42,54);1-2H3/t15-,17-,19-,20+,21?,22?,25-,27?,28?,29?,30+,31+;/m1./s1. The minimum Gasteiger partial charge on any atom is -0.504 e. The minimum absolute atomic E-state index is 0.0584. The van der Waals surface area contributed by atoms with Gasteiger partial charge in [-0.15, -0.1) is 0 Å².